The Kier molecular flexibility index (Phi) is 6.48. The van der Waals surface area contributed by atoms with Crippen LogP contribution in [-0.2, 0) is 10.0 Å². The molecule has 2 rings (SSSR count). The van der Waals surface area contributed by atoms with Crippen LogP contribution in [0.3, 0.4) is 0 Å². The molecule has 0 radical (unpaired) electrons. The first-order valence-corrected chi connectivity index (χ1v) is 9.40. The fraction of sp³-hybridized carbons (Fsp3) is 0.294. The predicted octanol–water partition coefficient (Wildman–Crippen LogP) is 3.40. The Labute approximate surface area is 147 Å². The first-order chi connectivity index (χ1) is 11.4. The third kappa shape index (κ3) is 5.12. The van der Waals surface area contributed by atoms with Crippen molar-refractivity contribution in [1.82, 2.24) is 4.72 Å². The molecule has 7 heteroatoms. The van der Waals surface area contributed by atoms with E-state index in [0.29, 0.717) is 23.1 Å². The predicted molar refractivity (Wildman–Crippen MR) is 94.5 cm³/mol. The second-order valence-corrected chi connectivity index (χ2v) is 7.24. The van der Waals surface area contributed by atoms with Gasteiger partial charge in [0.15, 0.2) is 0 Å². The van der Waals surface area contributed by atoms with Gasteiger partial charge in [0.1, 0.15) is 18.1 Å². The first kappa shape index (κ1) is 18.6. The van der Waals surface area contributed by atoms with Crippen molar-refractivity contribution in [1.29, 1.82) is 0 Å². The molecule has 0 aliphatic carbocycles. The van der Waals surface area contributed by atoms with Crippen molar-refractivity contribution in [2.45, 2.75) is 18.7 Å². The minimum Gasteiger partial charge on any atom is -0.494 e. The van der Waals surface area contributed by atoms with Crippen LogP contribution in [0.15, 0.2) is 47.4 Å². The van der Waals surface area contributed by atoms with Crippen molar-refractivity contribution in [2.24, 2.45) is 0 Å². The van der Waals surface area contributed by atoms with Crippen LogP contribution < -0.4 is 14.2 Å². The van der Waals surface area contributed by atoms with Crippen molar-refractivity contribution >= 4 is 21.6 Å². The molecule has 0 spiro atoms. The maximum absolute atomic E-state index is 12.2. The molecule has 2 aromatic carbocycles. The zero-order chi connectivity index (χ0) is 17.6. The van der Waals surface area contributed by atoms with Crippen LogP contribution in [0, 0.1) is 6.92 Å². The lowest BCUT2D eigenvalue weighted by Gasteiger charge is -2.10. The zero-order valence-corrected chi connectivity index (χ0v) is 15.2. The lowest BCUT2D eigenvalue weighted by Crippen LogP contribution is -2.28. The molecule has 0 saturated heterocycles. The van der Waals surface area contributed by atoms with E-state index in [2.05, 4.69) is 4.72 Å². The van der Waals surface area contributed by atoms with Crippen LogP contribution in [0.2, 0.25) is 5.02 Å². The van der Waals surface area contributed by atoms with Crippen molar-refractivity contribution in [3.63, 3.8) is 0 Å². The van der Waals surface area contributed by atoms with Gasteiger partial charge < -0.3 is 9.47 Å². The van der Waals surface area contributed by atoms with Crippen LogP contribution in [0.25, 0.3) is 0 Å². The van der Waals surface area contributed by atoms with Crippen LogP contribution in [-0.4, -0.2) is 28.2 Å². The summed E-state index contributed by atoms with van der Waals surface area (Å²) < 4.78 is 37.6. The summed E-state index contributed by atoms with van der Waals surface area (Å²) >= 11 is 6.01. The quantitative estimate of drug-likeness (QED) is 0.724. The number of nitrogens with one attached hydrogen (secondary N) is 1. The van der Waals surface area contributed by atoms with E-state index in [9.17, 15) is 8.42 Å². The van der Waals surface area contributed by atoms with Gasteiger partial charge >= 0.3 is 0 Å². The summed E-state index contributed by atoms with van der Waals surface area (Å²) in [5.41, 5.74) is 0.959. The van der Waals surface area contributed by atoms with Gasteiger partial charge in [-0.3, -0.25) is 0 Å². The second kappa shape index (κ2) is 8.37. The Balaban J connectivity index is 1.87. The molecule has 2 aromatic rings. The number of sulfonamides is 1. The number of hydrogen-bond acceptors (Lipinski definition) is 4. The summed E-state index contributed by atoms with van der Waals surface area (Å²) in [6.07, 6.45) is 0. The number of benzene rings is 2. The molecule has 0 saturated carbocycles. The number of halogens is 1. The zero-order valence-electron chi connectivity index (χ0n) is 13.6. The molecule has 0 heterocycles. The smallest absolute Gasteiger partial charge is 0.240 e. The average molecular weight is 370 g/mol. The molecule has 0 aliphatic heterocycles. The molecular weight excluding hydrogens is 350 g/mol. The molecule has 130 valence electrons. The second-order valence-electron chi connectivity index (χ2n) is 5.06. The number of aryl methyl sites for hydroxylation is 1. The van der Waals surface area contributed by atoms with E-state index in [0.717, 1.165) is 5.56 Å². The van der Waals surface area contributed by atoms with Gasteiger partial charge in [0.2, 0.25) is 10.0 Å². The summed E-state index contributed by atoms with van der Waals surface area (Å²) in [5.74, 6) is 1.24. The van der Waals surface area contributed by atoms with E-state index in [1.807, 2.05) is 19.9 Å². The van der Waals surface area contributed by atoms with E-state index in [1.54, 1.807) is 24.3 Å². The first-order valence-electron chi connectivity index (χ1n) is 7.54. The molecule has 0 unspecified atom stereocenters. The normalized spacial score (nSPS) is 11.3. The lowest BCUT2D eigenvalue weighted by atomic mass is 10.2. The van der Waals surface area contributed by atoms with Crippen molar-refractivity contribution in [3.05, 3.63) is 53.1 Å². The highest BCUT2D eigenvalue weighted by Gasteiger charge is 2.13. The van der Waals surface area contributed by atoms with Gasteiger partial charge in [-0.25, -0.2) is 13.1 Å². The lowest BCUT2D eigenvalue weighted by molar-refractivity contribution is 0.323. The highest BCUT2D eigenvalue weighted by molar-refractivity contribution is 7.89. The summed E-state index contributed by atoms with van der Waals surface area (Å²) in [6, 6.07) is 11.6. The molecule has 1 N–H and O–H groups in total. The minimum atomic E-state index is -3.57. The highest BCUT2D eigenvalue weighted by atomic mass is 35.5. The maximum Gasteiger partial charge on any atom is 0.240 e. The fourth-order valence-corrected chi connectivity index (χ4v) is 3.16. The van der Waals surface area contributed by atoms with Crippen molar-refractivity contribution < 1.29 is 17.9 Å². The minimum absolute atomic E-state index is 0.154. The van der Waals surface area contributed by atoms with Crippen molar-refractivity contribution in [3.8, 4) is 11.5 Å². The molecule has 0 atom stereocenters. The van der Waals surface area contributed by atoms with Gasteiger partial charge in [-0.1, -0.05) is 17.7 Å². The highest BCUT2D eigenvalue weighted by Crippen LogP contribution is 2.21. The van der Waals surface area contributed by atoms with Gasteiger partial charge in [-0.2, -0.15) is 0 Å². The van der Waals surface area contributed by atoms with E-state index >= 15 is 0 Å². The molecule has 5 nitrogen and oxygen atoms in total. The van der Waals surface area contributed by atoms with E-state index in [4.69, 9.17) is 21.1 Å². The molecular formula is C17H20ClNO4S. The van der Waals surface area contributed by atoms with Crippen molar-refractivity contribution in [2.75, 3.05) is 19.8 Å². The topological polar surface area (TPSA) is 64.6 Å². The monoisotopic (exact) mass is 369 g/mol. The van der Waals surface area contributed by atoms with E-state index in [1.165, 1.54) is 12.1 Å². The fourth-order valence-electron chi connectivity index (χ4n) is 1.97. The molecule has 0 aromatic heterocycles. The number of hydrogen-bond donors (Lipinski definition) is 1. The van der Waals surface area contributed by atoms with Gasteiger partial charge in [-0.05, 0) is 55.8 Å². The Morgan fingerprint density at radius 3 is 2.33 bits per heavy atom. The third-order valence-electron chi connectivity index (χ3n) is 3.25. The summed E-state index contributed by atoms with van der Waals surface area (Å²) in [4.78, 5) is 0.185. The molecule has 0 fully saturated rings. The van der Waals surface area contributed by atoms with Gasteiger partial charge in [0.25, 0.3) is 0 Å². The molecule has 0 amide bonds. The Morgan fingerprint density at radius 1 is 1.04 bits per heavy atom. The van der Waals surface area contributed by atoms with Gasteiger partial charge in [-0.15, -0.1) is 0 Å². The van der Waals surface area contributed by atoms with Crippen LogP contribution in [0.4, 0.5) is 0 Å². The summed E-state index contributed by atoms with van der Waals surface area (Å²) in [5, 5.41) is 0.613. The largest absolute Gasteiger partial charge is 0.494 e. The van der Waals surface area contributed by atoms with E-state index in [-0.39, 0.29) is 18.0 Å². The van der Waals surface area contributed by atoms with Crippen LogP contribution >= 0.6 is 11.6 Å². The molecule has 24 heavy (non-hydrogen) atoms. The standard InChI is InChI=1S/C17H20ClNO4S/c1-3-22-14-6-8-16(9-7-14)24(20,21)19-10-11-23-15-5-4-13(2)17(18)12-15/h4-9,12,19H,3,10-11H2,1-2H3. The third-order valence-corrected chi connectivity index (χ3v) is 5.14. The summed E-state index contributed by atoms with van der Waals surface area (Å²) in [6.45, 7) is 4.66. The van der Waals surface area contributed by atoms with Gasteiger partial charge in [0.05, 0.1) is 11.5 Å². The van der Waals surface area contributed by atoms with Crippen LogP contribution in [0.5, 0.6) is 11.5 Å². The van der Waals surface area contributed by atoms with Crippen LogP contribution in [0.1, 0.15) is 12.5 Å². The Morgan fingerprint density at radius 2 is 1.71 bits per heavy atom. The molecule has 0 bridgehead atoms. The Bertz CT molecular complexity index is 776. The Hall–Kier alpha value is -1.76. The SMILES string of the molecule is CCOc1ccc(S(=O)(=O)NCCOc2ccc(C)c(Cl)c2)cc1. The van der Waals surface area contributed by atoms with Gasteiger partial charge in [0, 0.05) is 11.6 Å². The average Bonchev–Trinajstić information content (AvgIpc) is 2.56. The van der Waals surface area contributed by atoms with E-state index < -0.39 is 10.0 Å². The molecule has 0 aliphatic rings. The summed E-state index contributed by atoms with van der Waals surface area (Å²) in [7, 11) is -3.57. The maximum atomic E-state index is 12.2. The number of rotatable bonds is 8. The number of ether oxygens (including phenoxy) is 2.